The largest absolute Gasteiger partial charge is 0.493 e. The van der Waals surface area contributed by atoms with Crippen LogP contribution in [0.15, 0.2) is 51.5 Å². The molecule has 0 N–H and O–H groups in total. The van der Waals surface area contributed by atoms with Gasteiger partial charge in [-0.25, -0.2) is 4.98 Å². The van der Waals surface area contributed by atoms with Crippen molar-refractivity contribution in [1.82, 2.24) is 25.3 Å². The smallest absolute Gasteiger partial charge is 0.258 e. The maximum Gasteiger partial charge on any atom is 0.258 e. The lowest BCUT2D eigenvalue weighted by Gasteiger charge is -2.12. The first-order chi connectivity index (χ1) is 22.0. The Morgan fingerprint density at radius 3 is 1.73 bits per heavy atom. The molecule has 0 radical (unpaired) electrons. The number of fused-ring (bicyclic) bond motifs is 1. The summed E-state index contributed by atoms with van der Waals surface area (Å²) in [6.45, 7) is 0.0775. The molecule has 45 heavy (non-hydrogen) atoms. The van der Waals surface area contributed by atoms with E-state index < -0.39 is 0 Å². The first kappa shape index (κ1) is 29.5. The summed E-state index contributed by atoms with van der Waals surface area (Å²) in [6.07, 6.45) is 0. The Morgan fingerprint density at radius 2 is 1.18 bits per heavy atom. The second-order valence-corrected chi connectivity index (χ2v) is 10.2. The number of hydrogen-bond acceptors (Lipinski definition) is 15. The zero-order valence-electron chi connectivity index (χ0n) is 25.1. The first-order valence-corrected chi connectivity index (χ1v) is 14.1. The van der Waals surface area contributed by atoms with E-state index in [4.69, 9.17) is 42.2 Å². The van der Waals surface area contributed by atoms with E-state index in [0.717, 1.165) is 10.2 Å². The molecule has 0 amide bonds. The van der Waals surface area contributed by atoms with Crippen molar-refractivity contribution >= 4 is 21.6 Å². The van der Waals surface area contributed by atoms with E-state index in [9.17, 15) is 0 Å². The monoisotopic (exact) mass is 633 g/mol. The Balaban J connectivity index is 1.18. The number of ether oxygens (including phenoxy) is 7. The number of nitrogens with zero attached hydrogens (tertiary/aromatic N) is 5. The van der Waals surface area contributed by atoms with Crippen molar-refractivity contribution in [3.63, 3.8) is 0 Å². The molecule has 0 spiro atoms. The minimum absolute atomic E-state index is 0.0775. The summed E-state index contributed by atoms with van der Waals surface area (Å²) in [5.74, 6) is 4.66. The molecule has 0 unspecified atom stereocenters. The highest BCUT2D eigenvalue weighted by atomic mass is 32.1. The molecule has 0 aliphatic rings. The van der Waals surface area contributed by atoms with E-state index in [0.29, 0.717) is 68.0 Å². The average Bonchev–Trinajstić information content (AvgIpc) is 3.85. The quantitative estimate of drug-likeness (QED) is 0.162. The summed E-state index contributed by atoms with van der Waals surface area (Å²) >= 11 is 1.40. The van der Waals surface area contributed by atoms with Gasteiger partial charge in [0.2, 0.25) is 23.1 Å². The van der Waals surface area contributed by atoms with Crippen LogP contribution in [0.1, 0.15) is 5.82 Å². The minimum Gasteiger partial charge on any atom is -0.493 e. The molecule has 3 aromatic heterocycles. The van der Waals surface area contributed by atoms with Crippen molar-refractivity contribution in [3.05, 3.63) is 48.3 Å². The average molecular weight is 634 g/mol. The summed E-state index contributed by atoms with van der Waals surface area (Å²) < 4.78 is 50.3. The van der Waals surface area contributed by atoms with Crippen LogP contribution in [0.25, 0.3) is 44.0 Å². The number of rotatable bonds is 12. The first-order valence-electron chi connectivity index (χ1n) is 13.3. The van der Waals surface area contributed by atoms with Crippen LogP contribution in [0.5, 0.6) is 40.2 Å². The highest BCUT2D eigenvalue weighted by molar-refractivity contribution is 7.21. The van der Waals surface area contributed by atoms with E-state index in [1.54, 1.807) is 24.3 Å². The molecule has 15 heteroatoms. The van der Waals surface area contributed by atoms with E-state index in [1.165, 1.54) is 54.0 Å². The molecule has 0 saturated carbocycles. The third-order valence-corrected chi connectivity index (χ3v) is 7.65. The van der Waals surface area contributed by atoms with Crippen LogP contribution in [0, 0.1) is 0 Å². The van der Waals surface area contributed by atoms with E-state index in [2.05, 4.69) is 25.3 Å². The van der Waals surface area contributed by atoms with Gasteiger partial charge >= 0.3 is 0 Å². The number of aromatic nitrogens is 5. The topological polar surface area (TPSA) is 155 Å². The van der Waals surface area contributed by atoms with Crippen molar-refractivity contribution in [2.75, 3.05) is 42.7 Å². The van der Waals surface area contributed by atoms with Gasteiger partial charge in [-0.15, -0.1) is 11.3 Å². The van der Waals surface area contributed by atoms with Crippen LogP contribution in [0.2, 0.25) is 0 Å². The highest BCUT2D eigenvalue weighted by Gasteiger charge is 2.21. The van der Waals surface area contributed by atoms with Crippen molar-refractivity contribution in [2.24, 2.45) is 0 Å². The molecule has 232 valence electrons. The Kier molecular flexibility index (Phi) is 8.24. The predicted molar refractivity (Wildman–Crippen MR) is 162 cm³/mol. The maximum atomic E-state index is 5.96. The Morgan fingerprint density at radius 1 is 0.622 bits per heavy atom. The molecule has 0 saturated heterocycles. The molecule has 0 aliphatic heterocycles. The van der Waals surface area contributed by atoms with Gasteiger partial charge in [-0.3, -0.25) is 0 Å². The lowest BCUT2D eigenvalue weighted by atomic mass is 10.2. The van der Waals surface area contributed by atoms with E-state index in [-0.39, 0.29) is 18.4 Å². The minimum atomic E-state index is 0.0775. The van der Waals surface area contributed by atoms with Crippen molar-refractivity contribution in [1.29, 1.82) is 0 Å². The van der Waals surface area contributed by atoms with Crippen LogP contribution in [-0.4, -0.2) is 67.9 Å². The SMILES string of the molecule is COc1cc(-c2nc(COc3ccc4nc(-c5noc(-c6cc(OC)c(OC)c(OC)c6)n5)sc4c3)no2)cc(OC)c1OC. The molecule has 0 atom stereocenters. The summed E-state index contributed by atoms with van der Waals surface area (Å²) in [5.41, 5.74) is 1.97. The lowest BCUT2D eigenvalue weighted by molar-refractivity contribution is 0.287. The second kappa shape index (κ2) is 12.6. The predicted octanol–water partition coefficient (Wildman–Crippen LogP) is 5.69. The molecule has 14 nitrogen and oxygen atoms in total. The second-order valence-electron chi connectivity index (χ2n) is 9.20. The standard InChI is InChI=1S/C30H27N5O9S/c1-36-19-9-15(10-20(37-2)25(19)40-5)28-32-24(34-43-28)14-42-17-7-8-18-23(13-17)45-30(31-18)27-33-29(44-35-27)16-11-21(38-3)26(41-6)22(12-16)39-4/h7-13H,14H2,1-6H3. The van der Waals surface area contributed by atoms with Gasteiger partial charge in [-0.05, 0) is 42.5 Å². The molecule has 6 rings (SSSR count). The van der Waals surface area contributed by atoms with Gasteiger partial charge in [0.25, 0.3) is 11.8 Å². The van der Waals surface area contributed by atoms with Crippen molar-refractivity contribution in [3.8, 4) is 74.0 Å². The van der Waals surface area contributed by atoms with Crippen molar-refractivity contribution in [2.45, 2.75) is 6.61 Å². The Labute approximate surface area is 260 Å². The molecule has 0 bridgehead atoms. The number of hydrogen-bond donors (Lipinski definition) is 0. The van der Waals surface area contributed by atoms with Gasteiger partial charge in [-0.1, -0.05) is 10.3 Å². The molecule has 3 aromatic carbocycles. The van der Waals surface area contributed by atoms with Crippen LogP contribution in [-0.2, 0) is 6.61 Å². The fraction of sp³-hybridized carbons (Fsp3) is 0.233. The van der Waals surface area contributed by atoms with Crippen LogP contribution < -0.4 is 33.2 Å². The number of thiazole rings is 1. The lowest BCUT2D eigenvalue weighted by Crippen LogP contribution is -1.98. The van der Waals surface area contributed by atoms with Gasteiger partial charge in [-0.2, -0.15) is 9.97 Å². The summed E-state index contributed by atoms with van der Waals surface area (Å²) in [6, 6.07) is 12.5. The number of methoxy groups -OCH3 is 6. The van der Waals surface area contributed by atoms with Crippen molar-refractivity contribution < 1.29 is 42.2 Å². The van der Waals surface area contributed by atoms with E-state index in [1.807, 2.05) is 18.2 Å². The Bertz CT molecular complexity index is 1920. The van der Waals surface area contributed by atoms with Gasteiger partial charge < -0.3 is 42.2 Å². The van der Waals surface area contributed by atoms with E-state index >= 15 is 0 Å². The van der Waals surface area contributed by atoms with Crippen LogP contribution in [0.4, 0.5) is 0 Å². The third-order valence-electron chi connectivity index (χ3n) is 6.64. The summed E-state index contributed by atoms with van der Waals surface area (Å²) in [4.78, 5) is 13.7. The Hall–Kier alpha value is -5.57. The van der Waals surface area contributed by atoms with Gasteiger partial charge in [0.15, 0.2) is 34.6 Å². The molecular formula is C30H27N5O9S. The zero-order valence-corrected chi connectivity index (χ0v) is 25.9. The van der Waals surface area contributed by atoms with Crippen LogP contribution in [0.3, 0.4) is 0 Å². The normalized spacial score (nSPS) is 11.0. The fourth-order valence-corrected chi connectivity index (χ4v) is 5.42. The molecule has 6 aromatic rings. The highest BCUT2D eigenvalue weighted by Crippen LogP contribution is 2.42. The van der Waals surface area contributed by atoms with Crippen LogP contribution >= 0.6 is 11.3 Å². The molecular weight excluding hydrogens is 606 g/mol. The number of benzene rings is 3. The summed E-state index contributed by atoms with van der Waals surface area (Å²) in [5, 5.41) is 8.76. The maximum absolute atomic E-state index is 5.96. The summed E-state index contributed by atoms with van der Waals surface area (Å²) in [7, 11) is 9.22. The molecule has 0 aliphatic carbocycles. The zero-order chi connectivity index (χ0) is 31.5. The van der Waals surface area contributed by atoms with Gasteiger partial charge in [0.05, 0.1) is 52.9 Å². The van der Waals surface area contributed by atoms with Gasteiger partial charge in [0, 0.05) is 11.1 Å². The molecule has 3 heterocycles. The fourth-order valence-electron chi connectivity index (χ4n) is 4.50. The molecule has 0 fully saturated rings. The third kappa shape index (κ3) is 5.72. The van der Waals surface area contributed by atoms with Gasteiger partial charge in [0.1, 0.15) is 5.75 Å².